The molecule has 0 radical (unpaired) electrons. The Bertz CT molecular complexity index is 85.4. The summed E-state index contributed by atoms with van der Waals surface area (Å²) >= 11 is 2.28. The first-order valence-electron chi connectivity index (χ1n) is 1.56. The number of carboxylic acids is 1. The van der Waals surface area contributed by atoms with Crippen molar-refractivity contribution in [3.63, 3.8) is 0 Å². The normalized spacial score (nSPS) is 18.1. The molecule has 0 aromatic rings. The molecule has 0 saturated heterocycles. The van der Waals surface area contributed by atoms with Crippen LogP contribution < -0.4 is 0 Å². The minimum Gasteiger partial charge on any atom is -0.478 e. The average molecular weight is 171 g/mol. The van der Waals surface area contributed by atoms with Gasteiger partial charge in [-0.25, -0.2) is 9.18 Å². The standard InChI is InChI=1S/C3H4BrFO2/c1-3(4,5)2(6)7/h1H3,(H,6,7)/t3-/m1/s1. The molecule has 0 rings (SSSR count). The fourth-order valence-corrected chi connectivity index (χ4v) is 0. The van der Waals surface area contributed by atoms with E-state index in [9.17, 15) is 9.18 Å². The van der Waals surface area contributed by atoms with E-state index in [0.29, 0.717) is 0 Å². The first kappa shape index (κ1) is 6.88. The summed E-state index contributed by atoms with van der Waals surface area (Å²) in [6, 6.07) is 0. The number of rotatable bonds is 1. The van der Waals surface area contributed by atoms with Crippen LogP contribution >= 0.6 is 15.9 Å². The lowest BCUT2D eigenvalue weighted by molar-refractivity contribution is -0.143. The molecule has 4 heteroatoms. The van der Waals surface area contributed by atoms with Crippen LogP contribution in [0.3, 0.4) is 0 Å². The van der Waals surface area contributed by atoms with Gasteiger partial charge in [0.15, 0.2) is 0 Å². The van der Waals surface area contributed by atoms with Crippen molar-refractivity contribution in [3.05, 3.63) is 0 Å². The number of hydrogen-bond acceptors (Lipinski definition) is 1. The molecule has 7 heavy (non-hydrogen) atoms. The number of halogens is 2. The van der Waals surface area contributed by atoms with Gasteiger partial charge in [-0.05, 0) is 22.9 Å². The zero-order chi connectivity index (χ0) is 6.08. The van der Waals surface area contributed by atoms with Crippen molar-refractivity contribution in [2.45, 2.75) is 11.5 Å². The highest BCUT2D eigenvalue weighted by Crippen LogP contribution is 2.17. The van der Waals surface area contributed by atoms with Gasteiger partial charge in [-0.3, -0.25) is 0 Å². The minimum atomic E-state index is -2.27. The zero-order valence-electron chi connectivity index (χ0n) is 3.61. The van der Waals surface area contributed by atoms with E-state index < -0.39 is 10.5 Å². The fourth-order valence-electron chi connectivity index (χ4n) is 0. The quantitative estimate of drug-likeness (QED) is 0.600. The average Bonchev–Trinajstić information content (AvgIpc) is 1.31. The molecule has 0 aliphatic rings. The Morgan fingerprint density at radius 3 is 2.14 bits per heavy atom. The van der Waals surface area contributed by atoms with E-state index in [2.05, 4.69) is 15.9 Å². The monoisotopic (exact) mass is 170 g/mol. The molecule has 0 spiro atoms. The highest BCUT2D eigenvalue weighted by atomic mass is 79.9. The van der Waals surface area contributed by atoms with Crippen LogP contribution in [0.15, 0.2) is 0 Å². The molecule has 0 aromatic heterocycles. The molecule has 2 nitrogen and oxygen atoms in total. The summed E-state index contributed by atoms with van der Waals surface area (Å²) in [5.41, 5.74) is 0. The Balaban J connectivity index is 3.79. The molecule has 42 valence electrons. The van der Waals surface area contributed by atoms with E-state index in [4.69, 9.17) is 5.11 Å². The molecule has 0 bridgehead atoms. The van der Waals surface area contributed by atoms with E-state index in [-0.39, 0.29) is 0 Å². The Labute approximate surface area is 48.5 Å². The molecule has 0 saturated carbocycles. The molecule has 0 amide bonds. The SMILES string of the molecule is C[C@](F)(Br)C(=O)O. The molecular formula is C3H4BrFO2. The number of carbonyl (C=O) groups is 1. The maximum absolute atomic E-state index is 11.8. The summed E-state index contributed by atoms with van der Waals surface area (Å²) < 4.78 is 9.56. The van der Waals surface area contributed by atoms with Crippen molar-refractivity contribution in [1.82, 2.24) is 0 Å². The second-order valence-electron chi connectivity index (χ2n) is 1.19. The summed E-state index contributed by atoms with van der Waals surface area (Å²) in [5.74, 6) is -1.51. The fraction of sp³-hybridized carbons (Fsp3) is 0.667. The van der Waals surface area contributed by atoms with Gasteiger partial charge < -0.3 is 5.11 Å². The van der Waals surface area contributed by atoms with Crippen LogP contribution in [-0.4, -0.2) is 15.7 Å². The largest absolute Gasteiger partial charge is 0.478 e. The van der Waals surface area contributed by atoms with Gasteiger partial charge in [-0.15, -0.1) is 0 Å². The van der Waals surface area contributed by atoms with Gasteiger partial charge in [0.2, 0.25) is 0 Å². The maximum atomic E-state index is 11.8. The third-order valence-corrected chi connectivity index (χ3v) is 0.715. The van der Waals surface area contributed by atoms with E-state index in [0.717, 1.165) is 6.92 Å². The first-order valence-corrected chi connectivity index (χ1v) is 2.35. The summed E-state index contributed by atoms with van der Waals surface area (Å²) in [5, 5.41) is 7.83. The smallest absolute Gasteiger partial charge is 0.352 e. The van der Waals surface area contributed by atoms with Crippen LogP contribution in [0.2, 0.25) is 0 Å². The summed E-state index contributed by atoms with van der Waals surface area (Å²) in [6.07, 6.45) is 0. The number of alkyl halides is 2. The topological polar surface area (TPSA) is 37.3 Å². The van der Waals surface area contributed by atoms with Gasteiger partial charge in [-0.2, -0.15) is 0 Å². The third kappa shape index (κ3) is 2.56. The van der Waals surface area contributed by atoms with Gasteiger partial charge in [0, 0.05) is 0 Å². The first-order chi connectivity index (χ1) is 2.94. The lowest BCUT2D eigenvalue weighted by Gasteiger charge is -2.01. The van der Waals surface area contributed by atoms with Crippen molar-refractivity contribution in [2.24, 2.45) is 0 Å². The van der Waals surface area contributed by atoms with Crippen LogP contribution in [0.1, 0.15) is 6.92 Å². The molecule has 0 aromatic carbocycles. The second-order valence-corrected chi connectivity index (χ2v) is 2.68. The minimum absolute atomic E-state index is 0.912. The van der Waals surface area contributed by atoms with Crippen LogP contribution in [0.25, 0.3) is 0 Å². The van der Waals surface area contributed by atoms with Gasteiger partial charge in [0.1, 0.15) is 0 Å². The van der Waals surface area contributed by atoms with Gasteiger partial charge in [0.25, 0.3) is 4.58 Å². The van der Waals surface area contributed by atoms with Crippen LogP contribution in [-0.2, 0) is 4.79 Å². The molecule has 0 unspecified atom stereocenters. The zero-order valence-corrected chi connectivity index (χ0v) is 5.20. The molecule has 0 aliphatic heterocycles. The predicted octanol–water partition coefficient (Wildman–Crippen LogP) is 1.15. The Hall–Kier alpha value is -0.120. The molecule has 0 heterocycles. The van der Waals surface area contributed by atoms with Crippen molar-refractivity contribution in [2.75, 3.05) is 0 Å². The Morgan fingerprint density at radius 1 is 2.00 bits per heavy atom. The summed E-state index contributed by atoms with van der Waals surface area (Å²) in [4.78, 5) is 9.60. The lowest BCUT2D eigenvalue weighted by Crippen LogP contribution is -2.20. The van der Waals surface area contributed by atoms with E-state index in [1.807, 2.05) is 0 Å². The second kappa shape index (κ2) is 1.78. The third-order valence-electron chi connectivity index (χ3n) is 0.376. The van der Waals surface area contributed by atoms with E-state index in [1.54, 1.807) is 0 Å². The summed E-state index contributed by atoms with van der Waals surface area (Å²) in [7, 11) is 0. The van der Waals surface area contributed by atoms with Crippen LogP contribution in [0.5, 0.6) is 0 Å². The van der Waals surface area contributed by atoms with Crippen molar-refractivity contribution >= 4 is 21.9 Å². The Morgan fingerprint density at radius 2 is 2.14 bits per heavy atom. The van der Waals surface area contributed by atoms with Crippen molar-refractivity contribution in [1.29, 1.82) is 0 Å². The molecule has 1 N–H and O–H groups in total. The lowest BCUT2D eigenvalue weighted by atomic mass is 10.5. The highest BCUT2D eigenvalue weighted by molar-refractivity contribution is 9.10. The number of hydrogen-bond donors (Lipinski definition) is 1. The van der Waals surface area contributed by atoms with E-state index >= 15 is 0 Å². The molecule has 1 atom stereocenters. The highest BCUT2D eigenvalue weighted by Gasteiger charge is 2.27. The van der Waals surface area contributed by atoms with Gasteiger partial charge in [-0.1, -0.05) is 0 Å². The van der Waals surface area contributed by atoms with Crippen molar-refractivity contribution < 1.29 is 14.3 Å². The van der Waals surface area contributed by atoms with Gasteiger partial charge in [0.05, 0.1) is 0 Å². The Kier molecular flexibility index (Phi) is 1.75. The van der Waals surface area contributed by atoms with Gasteiger partial charge >= 0.3 is 5.97 Å². The number of aliphatic carboxylic acids is 1. The molecule has 0 aliphatic carbocycles. The van der Waals surface area contributed by atoms with Crippen LogP contribution in [0, 0.1) is 0 Å². The summed E-state index contributed by atoms with van der Waals surface area (Å²) in [6.45, 7) is 0.912. The van der Waals surface area contributed by atoms with E-state index in [1.165, 1.54) is 0 Å². The van der Waals surface area contributed by atoms with Crippen molar-refractivity contribution in [3.8, 4) is 0 Å². The predicted molar refractivity (Wildman–Crippen MR) is 26.1 cm³/mol. The molecular weight excluding hydrogens is 167 g/mol. The molecule has 0 fully saturated rings. The number of carboxylic acid groups (broad SMARTS) is 1. The maximum Gasteiger partial charge on any atom is 0.352 e. The van der Waals surface area contributed by atoms with Crippen LogP contribution in [0.4, 0.5) is 4.39 Å².